The van der Waals surface area contributed by atoms with E-state index in [1.807, 2.05) is 6.92 Å². The predicted molar refractivity (Wildman–Crippen MR) is 94.6 cm³/mol. The summed E-state index contributed by atoms with van der Waals surface area (Å²) in [5, 5.41) is 11.8. The fourth-order valence-electron chi connectivity index (χ4n) is 3.09. The van der Waals surface area contributed by atoms with Crippen LogP contribution in [0.2, 0.25) is 0 Å². The molecule has 0 aliphatic carbocycles. The minimum Gasteiger partial charge on any atom is -0.459 e. The third kappa shape index (κ3) is 3.92. The number of piperazine rings is 1. The zero-order valence-electron chi connectivity index (χ0n) is 14.6. The Labute approximate surface area is 151 Å². The van der Waals surface area contributed by atoms with Crippen molar-refractivity contribution in [3.05, 3.63) is 54.0 Å². The first-order valence-electron chi connectivity index (χ1n) is 8.57. The second kappa shape index (κ2) is 7.85. The van der Waals surface area contributed by atoms with E-state index in [-0.39, 0.29) is 17.9 Å². The van der Waals surface area contributed by atoms with Gasteiger partial charge in [-0.2, -0.15) is 5.26 Å². The molecule has 1 atom stereocenters. The highest BCUT2D eigenvalue weighted by atomic mass is 16.3. The van der Waals surface area contributed by atoms with Crippen molar-refractivity contribution in [3.63, 3.8) is 0 Å². The minimum atomic E-state index is -0.249. The first kappa shape index (κ1) is 17.7. The molecule has 1 aliphatic rings. The molecule has 2 N–H and O–H groups in total. The van der Waals surface area contributed by atoms with Crippen LogP contribution in [0.15, 0.2) is 47.1 Å². The van der Waals surface area contributed by atoms with Crippen molar-refractivity contribution in [1.82, 2.24) is 4.90 Å². The lowest BCUT2D eigenvalue weighted by molar-refractivity contribution is -0.917. The molecule has 134 valence electrons. The number of nitrogens with one attached hydrogen (secondary N) is 2. The molecule has 0 bridgehead atoms. The molecule has 0 spiro atoms. The van der Waals surface area contributed by atoms with E-state index in [1.165, 1.54) is 6.26 Å². The van der Waals surface area contributed by atoms with Crippen LogP contribution in [0.25, 0.3) is 0 Å². The lowest BCUT2D eigenvalue weighted by atomic mass is 10.2. The molecule has 7 heteroatoms. The maximum atomic E-state index is 12.5. The summed E-state index contributed by atoms with van der Waals surface area (Å²) in [6.45, 7) is 4.42. The topological polar surface area (TPSA) is 90.8 Å². The first-order valence-corrected chi connectivity index (χ1v) is 8.57. The highest BCUT2D eigenvalue weighted by Gasteiger charge is 2.31. The summed E-state index contributed by atoms with van der Waals surface area (Å²) in [6.07, 6.45) is 1.49. The third-order valence-electron chi connectivity index (χ3n) is 4.69. The first-order chi connectivity index (χ1) is 12.6. The van der Waals surface area contributed by atoms with E-state index < -0.39 is 0 Å². The summed E-state index contributed by atoms with van der Waals surface area (Å²) in [6, 6.07) is 12.0. The number of carbonyl (C=O) groups excluding carboxylic acids is 2. The van der Waals surface area contributed by atoms with E-state index in [9.17, 15) is 9.59 Å². The van der Waals surface area contributed by atoms with E-state index in [1.54, 1.807) is 41.3 Å². The highest BCUT2D eigenvalue weighted by Crippen LogP contribution is 2.10. The lowest BCUT2D eigenvalue weighted by Gasteiger charge is -2.34. The zero-order valence-corrected chi connectivity index (χ0v) is 14.6. The number of carbonyl (C=O) groups is 2. The van der Waals surface area contributed by atoms with Crippen molar-refractivity contribution >= 4 is 17.5 Å². The van der Waals surface area contributed by atoms with Gasteiger partial charge >= 0.3 is 0 Å². The second-order valence-electron chi connectivity index (χ2n) is 6.33. The minimum absolute atomic E-state index is 0.0964. The molecule has 7 nitrogen and oxygen atoms in total. The van der Waals surface area contributed by atoms with Gasteiger partial charge in [-0.15, -0.1) is 0 Å². The third-order valence-corrected chi connectivity index (χ3v) is 4.69. The van der Waals surface area contributed by atoms with Gasteiger partial charge in [0.15, 0.2) is 11.8 Å². The quantitative estimate of drug-likeness (QED) is 0.838. The van der Waals surface area contributed by atoms with Crippen molar-refractivity contribution < 1.29 is 18.9 Å². The Hall–Kier alpha value is -3.11. The van der Waals surface area contributed by atoms with Gasteiger partial charge in [0.25, 0.3) is 11.8 Å². The molecule has 0 saturated carbocycles. The van der Waals surface area contributed by atoms with Crippen molar-refractivity contribution in [2.45, 2.75) is 13.0 Å². The van der Waals surface area contributed by atoms with Crippen molar-refractivity contribution in [1.29, 1.82) is 5.26 Å². The molecule has 2 amide bonds. The number of benzene rings is 1. The van der Waals surface area contributed by atoms with Crippen LogP contribution in [0.4, 0.5) is 5.69 Å². The number of amides is 2. The molecule has 0 radical (unpaired) electrons. The molecule has 2 aromatic rings. The Bertz CT molecular complexity index is 818. The van der Waals surface area contributed by atoms with Gasteiger partial charge in [-0.05, 0) is 37.3 Å². The van der Waals surface area contributed by atoms with Crippen molar-refractivity contribution in [2.75, 3.05) is 31.5 Å². The van der Waals surface area contributed by atoms with Crippen LogP contribution < -0.4 is 10.2 Å². The molecule has 1 aliphatic heterocycles. The summed E-state index contributed by atoms with van der Waals surface area (Å²) in [7, 11) is 0. The highest BCUT2D eigenvalue weighted by molar-refractivity contribution is 5.94. The normalized spacial score (nSPS) is 15.9. The number of furan rings is 1. The molecule has 3 rings (SSSR count). The number of hydrogen-bond donors (Lipinski definition) is 2. The fourth-order valence-corrected chi connectivity index (χ4v) is 3.09. The van der Waals surface area contributed by atoms with E-state index in [0.717, 1.165) is 4.90 Å². The largest absolute Gasteiger partial charge is 0.459 e. The van der Waals surface area contributed by atoms with Crippen LogP contribution in [0.3, 0.4) is 0 Å². The molecular weight excluding hydrogens is 332 g/mol. The lowest BCUT2D eigenvalue weighted by Crippen LogP contribution is -3.19. The Kier molecular flexibility index (Phi) is 5.34. The van der Waals surface area contributed by atoms with Gasteiger partial charge in [0.05, 0.1) is 44.1 Å². The fraction of sp³-hybridized carbons (Fsp3) is 0.316. The molecule has 2 heterocycles. The van der Waals surface area contributed by atoms with E-state index in [0.29, 0.717) is 43.2 Å². The van der Waals surface area contributed by atoms with Crippen molar-refractivity contribution in [2.24, 2.45) is 0 Å². The van der Waals surface area contributed by atoms with Gasteiger partial charge < -0.3 is 19.5 Å². The maximum absolute atomic E-state index is 12.5. The SMILES string of the molecule is C[C@@H](C(=O)Nc1cccc(C#N)c1)[NH+]1CCN(C(=O)c2ccco2)CC1. The van der Waals surface area contributed by atoms with Gasteiger partial charge in [-0.1, -0.05) is 6.07 Å². The van der Waals surface area contributed by atoms with Crippen LogP contribution >= 0.6 is 0 Å². The van der Waals surface area contributed by atoms with E-state index in [2.05, 4.69) is 11.4 Å². The van der Waals surface area contributed by atoms with Crippen LogP contribution in [0.1, 0.15) is 23.0 Å². The van der Waals surface area contributed by atoms with Gasteiger partial charge in [-0.25, -0.2) is 0 Å². The summed E-state index contributed by atoms with van der Waals surface area (Å²) in [4.78, 5) is 27.7. The Morgan fingerprint density at radius 3 is 2.69 bits per heavy atom. The number of nitrogens with zero attached hydrogens (tertiary/aromatic N) is 2. The van der Waals surface area contributed by atoms with Crippen LogP contribution in [-0.2, 0) is 4.79 Å². The molecule has 26 heavy (non-hydrogen) atoms. The monoisotopic (exact) mass is 353 g/mol. The van der Waals surface area contributed by atoms with Crippen molar-refractivity contribution in [3.8, 4) is 6.07 Å². The van der Waals surface area contributed by atoms with Gasteiger partial charge in [0.2, 0.25) is 0 Å². The Morgan fingerprint density at radius 1 is 1.27 bits per heavy atom. The average molecular weight is 353 g/mol. The molecule has 1 fully saturated rings. The maximum Gasteiger partial charge on any atom is 0.289 e. The Morgan fingerprint density at radius 2 is 2.04 bits per heavy atom. The number of anilines is 1. The van der Waals surface area contributed by atoms with Crippen LogP contribution in [0.5, 0.6) is 0 Å². The number of quaternary nitrogens is 1. The summed E-state index contributed by atoms with van der Waals surface area (Å²) in [5.74, 6) is 0.136. The van der Waals surface area contributed by atoms with E-state index in [4.69, 9.17) is 9.68 Å². The smallest absolute Gasteiger partial charge is 0.289 e. The molecule has 1 aromatic heterocycles. The number of hydrogen-bond acceptors (Lipinski definition) is 4. The van der Waals surface area contributed by atoms with E-state index >= 15 is 0 Å². The summed E-state index contributed by atoms with van der Waals surface area (Å²) in [5.41, 5.74) is 1.12. The van der Waals surface area contributed by atoms with Gasteiger partial charge in [0.1, 0.15) is 0 Å². The second-order valence-corrected chi connectivity index (χ2v) is 6.33. The summed E-state index contributed by atoms with van der Waals surface area (Å²) >= 11 is 0. The van der Waals surface area contributed by atoms with Gasteiger partial charge in [0, 0.05) is 5.69 Å². The number of rotatable bonds is 4. The molecule has 1 saturated heterocycles. The van der Waals surface area contributed by atoms with Gasteiger partial charge in [-0.3, -0.25) is 9.59 Å². The molecular formula is C19H21N4O3+. The zero-order chi connectivity index (χ0) is 18.5. The average Bonchev–Trinajstić information content (AvgIpc) is 3.22. The Balaban J connectivity index is 1.54. The number of nitriles is 1. The molecule has 0 unspecified atom stereocenters. The van der Waals surface area contributed by atoms with Crippen LogP contribution in [0, 0.1) is 11.3 Å². The molecule has 1 aromatic carbocycles. The standard InChI is InChI=1S/C19H20N4O3/c1-14(18(24)21-16-5-2-4-15(12-16)13-20)22-7-9-23(10-8-22)19(25)17-6-3-11-26-17/h2-6,11-12,14H,7-10H2,1H3,(H,21,24)/p+1/t14-/m0/s1. The van der Waals surface area contributed by atoms with Crippen LogP contribution in [-0.4, -0.2) is 48.9 Å². The predicted octanol–water partition coefficient (Wildman–Crippen LogP) is 0.519. The summed E-state index contributed by atoms with van der Waals surface area (Å²) < 4.78 is 5.16.